The van der Waals surface area contributed by atoms with Gasteiger partial charge in [0.25, 0.3) is 0 Å². The van der Waals surface area contributed by atoms with Gasteiger partial charge in [-0.1, -0.05) is 171 Å². The molecule has 0 unspecified atom stereocenters. The second kappa shape index (κ2) is 39.0. The molecule has 0 heterocycles. The molecule has 0 saturated heterocycles. The van der Waals surface area contributed by atoms with Crippen LogP contribution in [0.15, 0.2) is 60.8 Å². The Hall–Kier alpha value is -2.40. The molecule has 276 valence electrons. The van der Waals surface area contributed by atoms with Gasteiger partial charge in [-0.3, -0.25) is 9.59 Å². The highest BCUT2D eigenvalue weighted by molar-refractivity contribution is 5.69. The molecule has 0 aliphatic carbocycles. The molecule has 0 bridgehead atoms. The van der Waals surface area contributed by atoms with Gasteiger partial charge >= 0.3 is 11.9 Å². The molecule has 0 spiro atoms. The molecule has 5 heteroatoms. The summed E-state index contributed by atoms with van der Waals surface area (Å²) in [5, 5.41) is 10.0. The molecule has 0 rings (SSSR count). The lowest BCUT2D eigenvalue weighted by Gasteiger charge is -2.12. The first-order chi connectivity index (χ1) is 23.6. The Morgan fingerprint density at radius 1 is 0.458 bits per heavy atom. The lowest BCUT2D eigenvalue weighted by molar-refractivity contribution is -0.152. The van der Waals surface area contributed by atoms with E-state index in [9.17, 15) is 14.7 Å². The van der Waals surface area contributed by atoms with Gasteiger partial charge in [0, 0.05) is 12.8 Å². The highest BCUT2D eigenvalue weighted by atomic mass is 16.6. The van der Waals surface area contributed by atoms with Crippen molar-refractivity contribution >= 4 is 11.9 Å². The fourth-order valence-electron chi connectivity index (χ4n) is 5.29. The number of unbranched alkanes of at least 4 members (excludes halogenated alkanes) is 17. The van der Waals surface area contributed by atoms with Crippen molar-refractivity contribution in [2.24, 2.45) is 0 Å². The normalized spacial score (nSPS) is 12.8. The predicted octanol–water partition coefficient (Wildman–Crippen LogP) is 12.4. The monoisotopic (exact) mass is 671 g/mol. The molecule has 0 amide bonds. The van der Waals surface area contributed by atoms with Crippen molar-refractivity contribution in [3.8, 4) is 0 Å². The maximum atomic E-state index is 12.0. The van der Waals surface area contributed by atoms with Gasteiger partial charge in [-0.05, 0) is 57.8 Å². The topological polar surface area (TPSA) is 72.8 Å². The van der Waals surface area contributed by atoms with Gasteiger partial charge in [-0.15, -0.1) is 0 Å². The van der Waals surface area contributed by atoms with E-state index in [1.165, 1.54) is 77.0 Å². The first-order valence-corrected chi connectivity index (χ1v) is 19.8. The number of ether oxygens (including phenoxy) is 2. The Kier molecular flexibility index (Phi) is 37.1. The maximum Gasteiger partial charge on any atom is 0.305 e. The lowest BCUT2D eigenvalue weighted by atomic mass is 10.0. The first-order valence-electron chi connectivity index (χ1n) is 19.8. The van der Waals surface area contributed by atoms with Crippen LogP contribution in [0.1, 0.15) is 181 Å². The zero-order chi connectivity index (χ0) is 35.0. The van der Waals surface area contributed by atoms with Gasteiger partial charge in [0.15, 0.2) is 0 Å². The minimum atomic E-state index is -0.978. The lowest BCUT2D eigenvalue weighted by Crippen LogP contribution is -2.25. The van der Waals surface area contributed by atoms with Crippen LogP contribution in [0.4, 0.5) is 0 Å². The van der Waals surface area contributed by atoms with E-state index in [0.29, 0.717) is 12.8 Å². The molecule has 0 fully saturated rings. The minimum Gasteiger partial charge on any atom is -0.463 e. The zero-order valence-corrected chi connectivity index (χ0v) is 31.2. The Balaban J connectivity index is 3.52. The summed E-state index contributed by atoms with van der Waals surface area (Å²) in [4.78, 5) is 23.9. The van der Waals surface area contributed by atoms with Gasteiger partial charge in [0.05, 0.1) is 0 Å². The number of aliphatic hydroxyl groups excluding tert-OH is 1. The highest BCUT2D eigenvalue weighted by Crippen LogP contribution is 2.14. The van der Waals surface area contributed by atoms with Crippen LogP contribution >= 0.6 is 0 Å². The number of carbonyl (C=O) groups excluding carboxylic acids is 2. The van der Waals surface area contributed by atoms with Crippen molar-refractivity contribution in [3.05, 3.63) is 60.8 Å². The fraction of sp³-hybridized carbons (Fsp3) is 0.721. The first kappa shape index (κ1) is 45.6. The number of esters is 2. The Morgan fingerprint density at radius 3 is 1.19 bits per heavy atom. The summed E-state index contributed by atoms with van der Waals surface area (Å²) in [6.45, 7) is 4.16. The van der Waals surface area contributed by atoms with Crippen LogP contribution in [0.2, 0.25) is 0 Å². The number of hydrogen-bond acceptors (Lipinski definition) is 5. The van der Waals surface area contributed by atoms with E-state index >= 15 is 0 Å². The number of carbonyl (C=O) groups is 2. The van der Waals surface area contributed by atoms with E-state index in [-0.39, 0.29) is 25.2 Å². The summed E-state index contributed by atoms with van der Waals surface area (Å²) >= 11 is 0. The Morgan fingerprint density at radius 2 is 0.792 bits per heavy atom. The molecule has 48 heavy (non-hydrogen) atoms. The van der Waals surface area contributed by atoms with Crippen molar-refractivity contribution in [1.29, 1.82) is 0 Å². The van der Waals surface area contributed by atoms with E-state index in [1.807, 2.05) is 0 Å². The van der Waals surface area contributed by atoms with E-state index in [4.69, 9.17) is 9.47 Å². The third-order valence-electron chi connectivity index (χ3n) is 8.27. The van der Waals surface area contributed by atoms with Crippen LogP contribution in [-0.4, -0.2) is 36.4 Å². The summed E-state index contributed by atoms with van der Waals surface area (Å²) in [5.74, 6) is -0.601. The van der Waals surface area contributed by atoms with Crippen molar-refractivity contribution < 1.29 is 24.2 Å². The highest BCUT2D eigenvalue weighted by Gasteiger charge is 2.12. The number of hydrogen-bond donors (Lipinski definition) is 1. The number of allylic oxidation sites excluding steroid dienone is 10. The fourth-order valence-corrected chi connectivity index (χ4v) is 5.29. The number of rotatable bonds is 35. The SMILES string of the molecule is CC/C=C\C/C=C\C/C=C\C/C=C\C/C=C\CCCCCC(=O)OC[C@H](O)COC(=O)CCCCCCCCCCCCCCCCC. The standard InChI is InChI=1S/C43H74O5/c1-3-5-7-9-11-13-15-17-19-20-21-22-24-26-28-30-32-34-36-38-43(46)48-40-41(44)39-47-42(45)37-35-33-31-29-27-25-23-18-16-14-12-10-8-6-4-2/h5,7,11,13,17,19,21-22,26,28,41,44H,3-4,6,8-10,12,14-16,18,20,23-25,27,29-40H2,1-2H3/b7-5-,13-11-,19-17-,22-21-,28-26-/t41-/m1/s1. The van der Waals surface area contributed by atoms with Crippen LogP contribution in [0.25, 0.3) is 0 Å². The van der Waals surface area contributed by atoms with Gasteiger partial charge in [-0.25, -0.2) is 0 Å². The van der Waals surface area contributed by atoms with Gasteiger partial charge < -0.3 is 14.6 Å². The van der Waals surface area contributed by atoms with Gasteiger partial charge in [0.1, 0.15) is 19.3 Å². The number of aliphatic hydroxyl groups is 1. The third kappa shape index (κ3) is 38.1. The molecular formula is C43H74O5. The van der Waals surface area contributed by atoms with Crippen molar-refractivity contribution in [3.63, 3.8) is 0 Å². The van der Waals surface area contributed by atoms with Crippen molar-refractivity contribution in [2.75, 3.05) is 13.2 Å². The van der Waals surface area contributed by atoms with Crippen LogP contribution in [0, 0.1) is 0 Å². The molecule has 1 N–H and O–H groups in total. The summed E-state index contributed by atoms with van der Waals surface area (Å²) in [7, 11) is 0. The maximum absolute atomic E-state index is 12.0. The van der Waals surface area contributed by atoms with Crippen LogP contribution in [0.3, 0.4) is 0 Å². The van der Waals surface area contributed by atoms with E-state index in [0.717, 1.165) is 77.0 Å². The van der Waals surface area contributed by atoms with Crippen LogP contribution in [0.5, 0.6) is 0 Å². The van der Waals surface area contributed by atoms with Crippen molar-refractivity contribution in [2.45, 2.75) is 187 Å². The van der Waals surface area contributed by atoms with E-state index < -0.39 is 6.10 Å². The largest absolute Gasteiger partial charge is 0.463 e. The molecule has 0 saturated carbocycles. The Bertz CT molecular complexity index is 853. The van der Waals surface area contributed by atoms with Gasteiger partial charge in [0.2, 0.25) is 0 Å². The molecule has 0 aromatic carbocycles. The van der Waals surface area contributed by atoms with Crippen molar-refractivity contribution in [1.82, 2.24) is 0 Å². The third-order valence-corrected chi connectivity index (χ3v) is 8.27. The molecular weight excluding hydrogens is 596 g/mol. The average Bonchev–Trinajstić information content (AvgIpc) is 3.09. The van der Waals surface area contributed by atoms with Gasteiger partial charge in [-0.2, -0.15) is 0 Å². The smallest absolute Gasteiger partial charge is 0.305 e. The molecule has 0 aromatic rings. The molecule has 5 nitrogen and oxygen atoms in total. The summed E-state index contributed by atoms with van der Waals surface area (Å²) in [5.41, 5.74) is 0. The Labute approximate surface area is 296 Å². The molecule has 1 atom stereocenters. The second-order valence-electron chi connectivity index (χ2n) is 13.0. The summed E-state index contributed by atoms with van der Waals surface area (Å²) in [6, 6.07) is 0. The summed E-state index contributed by atoms with van der Waals surface area (Å²) < 4.78 is 10.3. The molecule has 0 radical (unpaired) electrons. The van der Waals surface area contributed by atoms with Crippen LogP contribution in [-0.2, 0) is 19.1 Å². The average molecular weight is 671 g/mol. The quantitative estimate of drug-likeness (QED) is 0.0413. The molecule has 0 aromatic heterocycles. The van der Waals surface area contributed by atoms with Crippen LogP contribution < -0.4 is 0 Å². The molecule has 0 aliphatic rings. The predicted molar refractivity (Wildman–Crippen MR) is 205 cm³/mol. The second-order valence-corrected chi connectivity index (χ2v) is 13.0. The van der Waals surface area contributed by atoms with E-state index in [2.05, 4.69) is 74.6 Å². The molecule has 0 aliphatic heterocycles. The summed E-state index contributed by atoms with van der Waals surface area (Å²) in [6.07, 6.45) is 49.9. The zero-order valence-electron chi connectivity index (χ0n) is 31.2. The van der Waals surface area contributed by atoms with E-state index in [1.54, 1.807) is 0 Å². The minimum absolute atomic E-state index is 0.127.